The minimum absolute atomic E-state index is 0.256. The zero-order chi connectivity index (χ0) is 18.1. The molecule has 2 atom stereocenters. The molecule has 1 amide bonds. The second-order valence-corrected chi connectivity index (χ2v) is 7.46. The van der Waals surface area contributed by atoms with E-state index in [-0.39, 0.29) is 6.04 Å². The third-order valence-electron chi connectivity index (χ3n) is 4.34. The van der Waals surface area contributed by atoms with Gasteiger partial charge in [0.2, 0.25) is 5.95 Å². The molecule has 7 heteroatoms. The van der Waals surface area contributed by atoms with Gasteiger partial charge >= 0.3 is 0 Å². The maximum Gasteiger partial charge on any atom is 0.274 e. The lowest BCUT2D eigenvalue weighted by atomic mass is 9.96. The lowest BCUT2D eigenvalue weighted by molar-refractivity contribution is 0.0706. The van der Waals surface area contributed by atoms with Gasteiger partial charge in [0.25, 0.3) is 5.91 Å². The van der Waals surface area contributed by atoms with Crippen molar-refractivity contribution in [1.29, 1.82) is 0 Å². The van der Waals surface area contributed by atoms with Gasteiger partial charge in [-0.1, -0.05) is 28.9 Å². The number of amides is 1. The van der Waals surface area contributed by atoms with Crippen LogP contribution in [0.25, 0.3) is 6.08 Å². The molecule has 25 heavy (non-hydrogen) atoms. The van der Waals surface area contributed by atoms with E-state index in [1.807, 2.05) is 6.08 Å². The largest absolute Gasteiger partial charge is 0.326 e. The normalized spacial score (nSPS) is 19.0. The van der Waals surface area contributed by atoms with Crippen LogP contribution in [0.3, 0.4) is 0 Å². The zero-order valence-corrected chi connectivity index (χ0v) is 15.9. The number of benzene rings is 1. The van der Waals surface area contributed by atoms with Crippen molar-refractivity contribution in [1.82, 2.24) is 15.0 Å². The summed E-state index contributed by atoms with van der Waals surface area (Å²) in [6.45, 7) is 6.46. The summed E-state index contributed by atoms with van der Waals surface area (Å²) in [4.78, 5) is 16.5. The van der Waals surface area contributed by atoms with E-state index in [4.69, 9.17) is 10.2 Å². The van der Waals surface area contributed by atoms with Crippen molar-refractivity contribution in [3.63, 3.8) is 0 Å². The molecule has 132 valence electrons. The summed E-state index contributed by atoms with van der Waals surface area (Å²) in [5.41, 5.74) is 5.03. The molecule has 1 aromatic heterocycles. The third kappa shape index (κ3) is 3.34. The first-order chi connectivity index (χ1) is 11.9. The Bertz CT molecular complexity index is 811. The van der Waals surface area contributed by atoms with Crippen LogP contribution in [0.2, 0.25) is 0 Å². The number of hydrogen-bond acceptors (Lipinski definition) is 4. The summed E-state index contributed by atoms with van der Waals surface area (Å²) in [5.74, 6) is 0.562. The number of anilines is 2. The Morgan fingerprint density at radius 1 is 1.32 bits per heavy atom. The maximum absolute atomic E-state index is 11.4. The first-order valence-corrected chi connectivity index (χ1v) is 9.10. The topological polar surface area (TPSA) is 79.2 Å². The average Bonchev–Trinajstić information content (AvgIpc) is 2.97. The number of imidazole rings is 1. The molecule has 0 aliphatic heterocycles. The molecule has 2 aromatic rings. The lowest BCUT2D eigenvalue weighted by Crippen LogP contribution is -2.18. The van der Waals surface area contributed by atoms with E-state index in [0.717, 1.165) is 17.3 Å². The molecule has 0 radical (unpaired) electrons. The van der Waals surface area contributed by atoms with Gasteiger partial charge in [0, 0.05) is 28.0 Å². The number of carbonyl (C=O) groups is 1. The SMILES string of the molecule is CC1c2c(nc(Nc3ccc(C(=O)NO)cc3)n2C(C)C)C=CC1Br. The summed E-state index contributed by atoms with van der Waals surface area (Å²) in [6.07, 6.45) is 4.17. The molecule has 3 N–H and O–H groups in total. The van der Waals surface area contributed by atoms with E-state index >= 15 is 0 Å². The van der Waals surface area contributed by atoms with Crippen LogP contribution >= 0.6 is 15.9 Å². The predicted octanol–water partition coefficient (Wildman–Crippen LogP) is 4.22. The van der Waals surface area contributed by atoms with Crippen molar-refractivity contribution in [2.45, 2.75) is 37.6 Å². The molecule has 1 aliphatic rings. The van der Waals surface area contributed by atoms with Crippen molar-refractivity contribution in [3.05, 3.63) is 47.3 Å². The van der Waals surface area contributed by atoms with E-state index in [2.05, 4.69) is 52.7 Å². The summed E-state index contributed by atoms with van der Waals surface area (Å²) in [7, 11) is 0. The van der Waals surface area contributed by atoms with Crippen molar-refractivity contribution in [3.8, 4) is 0 Å². The van der Waals surface area contributed by atoms with Crippen LogP contribution in [0.15, 0.2) is 30.3 Å². The zero-order valence-electron chi connectivity index (χ0n) is 14.3. The van der Waals surface area contributed by atoms with Gasteiger partial charge in [0.1, 0.15) is 0 Å². The van der Waals surface area contributed by atoms with Gasteiger partial charge in [-0.25, -0.2) is 10.5 Å². The van der Waals surface area contributed by atoms with Gasteiger partial charge in [-0.3, -0.25) is 10.0 Å². The van der Waals surface area contributed by atoms with E-state index in [1.54, 1.807) is 29.7 Å². The van der Waals surface area contributed by atoms with Crippen LogP contribution in [0.5, 0.6) is 0 Å². The first-order valence-electron chi connectivity index (χ1n) is 8.18. The van der Waals surface area contributed by atoms with E-state index in [9.17, 15) is 4.79 Å². The highest BCUT2D eigenvalue weighted by molar-refractivity contribution is 9.09. The smallest absolute Gasteiger partial charge is 0.274 e. The fourth-order valence-corrected chi connectivity index (χ4v) is 3.45. The molecule has 6 nitrogen and oxygen atoms in total. The van der Waals surface area contributed by atoms with Gasteiger partial charge in [0.15, 0.2) is 0 Å². The number of halogens is 1. The summed E-state index contributed by atoms with van der Waals surface area (Å²) in [6, 6.07) is 7.12. The number of aromatic nitrogens is 2. The number of carbonyl (C=O) groups excluding carboxylic acids is 1. The quantitative estimate of drug-likeness (QED) is 0.404. The third-order valence-corrected chi connectivity index (χ3v) is 5.44. The minimum atomic E-state index is -0.534. The van der Waals surface area contributed by atoms with Crippen LogP contribution in [-0.2, 0) is 0 Å². The number of allylic oxidation sites excluding steroid dienone is 1. The van der Waals surface area contributed by atoms with Gasteiger partial charge in [-0.15, -0.1) is 0 Å². The molecule has 3 rings (SSSR count). The number of fused-ring (bicyclic) bond motifs is 1. The maximum atomic E-state index is 11.4. The van der Waals surface area contributed by atoms with E-state index in [1.165, 1.54) is 5.69 Å². The first kappa shape index (κ1) is 17.7. The molecule has 0 spiro atoms. The van der Waals surface area contributed by atoms with Crippen molar-refractivity contribution < 1.29 is 10.0 Å². The lowest BCUT2D eigenvalue weighted by Gasteiger charge is -2.24. The number of nitrogens with one attached hydrogen (secondary N) is 2. The molecule has 0 saturated heterocycles. The summed E-state index contributed by atoms with van der Waals surface area (Å²) in [5, 5.41) is 12.0. The molecule has 2 unspecified atom stereocenters. The monoisotopic (exact) mass is 404 g/mol. The molecular formula is C18H21BrN4O2. The fourth-order valence-electron chi connectivity index (χ4n) is 3.05. The molecule has 0 saturated carbocycles. The Kier molecular flexibility index (Phi) is 4.96. The number of nitrogens with zero attached hydrogens (tertiary/aromatic N) is 2. The number of rotatable bonds is 4. The van der Waals surface area contributed by atoms with Crippen LogP contribution in [0, 0.1) is 0 Å². The Morgan fingerprint density at radius 2 is 2.00 bits per heavy atom. The van der Waals surface area contributed by atoms with Gasteiger partial charge in [0.05, 0.1) is 11.4 Å². The van der Waals surface area contributed by atoms with Gasteiger partial charge in [-0.05, 0) is 44.2 Å². The van der Waals surface area contributed by atoms with Gasteiger partial charge in [-0.2, -0.15) is 0 Å². The van der Waals surface area contributed by atoms with Crippen molar-refractivity contribution in [2.24, 2.45) is 0 Å². The molecular weight excluding hydrogens is 384 g/mol. The van der Waals surface area contributed by atoms with Crippen LogP contribution in [0.4, 0.5) is 11.6 Å². The Hall–Kier alpha value is -2.12. The van der Waals surface area contributed by atoms with Crippen molar-refractivity contribution >= 4 is 39.5 Å². The average molecular weight is 405 g/mol. The molecule has 0 fully saturated rings. The Balaban J connectivity index is 1.94. The molecule has 0 bridgehead atoms. The molecule has 1 heterocycles. The molecule has 1 aliphatic carbocycles. The van der Waals surface area contributed by atoms with Gasteiger partial charge < -0.3 is 9.88 Å². The van der Waals surface area contributed by atoms with Crippen molar-refractivity contribution in [2.75, 3.05) is 5.32 Å². The second kappa shape index (κ2) is 7.01. The minimum Gasteiger partial charge on any atom is -0.326 e. The fraction of sp³-hybridized carbons (Fsp3) is 0.333. The Labute approximate surface area is 155 Å². The summed E-state index contributed by atoms with van der Waals surface area (Å²) >= 11 is 3.70. The van der Waals surface area contributed by atoms with Crippen LogP contribution in [0.1, 0.15) is 54.5 Å². The Morgan fingerprint density at radius 3 is 2.60 bits per heavy atom. The standard InChI is InChI=1S/C18H21BrN4O2/c1-10(2)23-16-11(3)14(19)8-9-15(16)21-18(23)20-13-6-4-12(5-7-13)17(24)22-25/h4-11,14,25H,1-3H3,(H,20,21)(H,22,24). The highest BCUT2D eigenvalue weighted by Crippen LogP contribution is 2.37. The summed E-state index contributed by atoms with van der Waals surface area (Å²) < 4.78 is 2.21. The van der Waals surface area contributed by atoms with Crippen LogP contribution in [-0.4, -0.2) is 25.5 Å². The van der Waals surface area contributed by atoms with E-state index < -0.39 is 5.91 Å². The number of alkyl halides is 1. The highest BCUT2D eigenvalue weighted by Gasteiger charge is 2.28. The van der Waals surface area contributed by atoms with Crippen LogP contribution < -0.4 is 10.8 Å². The number of hydroxylamine groups is 1. The molecule has 1 aromatic carbocycles. The second-order valence-electron chi connectivity index (χ2n) is 6.41. The predicted molar refractivity (Wildman–Crippen MR) is 102 cm³/mol. The highest BCUT2D eigenvalue weighted by atomic mass is 79.9. The van der Waals surface area contributed by atoms with E-state index in [0.29, 0.717) is 16.3 Å². The number of hydrogen-bond donors (Lipinski definition) is 3.